The number of morpholine rings is 1. The summed E-state index contributed by atoms with van der Waals surface area (Å²) in [6.07, 6.45) is 0. The van der Waals surface area contributed by atoms with Gasteiger partial charge in [0, 0.05) is 37.0 Å². The first-order valence-electron chi connectivity index (χ1n) is 7.13. The molecule has 116 valence electrons. The number of carbonyl (C=O) groups is 1. The summed E-state index contributed by atoms with van der Waals surface area (Å²) in [5.74, 6) is 1.38. The van der Waals surface area contributed by atoms with Crippen molar-refractivity contribution in [2.45, 2.75) is 5.75 Å². The molecule has 1 amide bonds. The molecule has 0 saturated carbocycles. The van der Waals surface area contributed by atoms with Gasteiger partial charge in [-0.3, -0.25) is 9.69 Å². The molecular formula is C15H21ClN2O2S. The van der Waals surface area contributed by atoms with Gasteiger partial charge in [0.2, 0.25) is 5.91 Å². The summed E-state index contributed by atoms with van der Waals surface area (Å²) < 4.78 is 5.29. The predicted octanol–water partition coefficient (Wildman–Crippen LogP) is 2.02. The number of nitrogens with zero attached hydrogens (tertiary/aromatic N) is 1. The average molecular weight is 329 g/mol. The van der Waals surface area contributed by atoms with E-state index >= 15 is 0 Å². The molecule has 2 rings (SSSR count). The minimum atomic E-state index is 0.0929. The molecule has 1 aromatic carbocycles. The number of ether oxygens (including phenoxy) is 1. The average Bonchev–Trinajstić information content (AvgIpc) is 2.48. The van der Waals surface area contributed by atoms with Crippen molar-refractivity contribution < 1.29 is 9.53 Å². The van der Waals surface area contributed by atoms with E-state index in [0.29, 0.717) is 12.3 Å². The van der Waals surface area contributed by atoms with E-state index in [-0.39, 0.29) is 5.91 Å². The van der Waals surface area contributed by atoms with E-state index in [2.05, 4.69) is 10.2 Å². The van der Waals surface area contributed by atoms with Crippen molar-refractivity contribution in [1.82, 2.24) is 10.2 Å². The van der Waals surface area contributed by atoms with Gasteiger partial charge in [-0.05, 0) is 17.7 Å². The highest BCUT2D eigenvalue weighted by molar-refractivity contribution is 7.99. The molecule has 1 aromatic rings. The fraction of sp³-hybridized carbons (Fsp3) is 0.533. The molecule has 0 aliphatic carbocycles. The van der Waals surface area contributed by atoms with Gasteiger partial charge in [0.15, 0.2) is 0 Å². The number of benzene rings is 1. The third kappa shape index (κ3) is 6.70. The van der Waals surface area contributed by atoms with Gasteiger partial charge in [-0.2, -0.15) is 0 Å². The van der Waals surface area contributed by atoms with E-state index in [1.807, 2.05) is 24.3 Å². The number of nitrogens with one attached hydrogen (secondary N) is 1. The number of amides is 1. The van der Waals surface area contributed by atoms with Gasteiger partial charge in [0.25, 0.3) is 0 Å². The molecule has 6 heteroatoms. The topological polar surface area (TPSA) is 41.6 Å². The van der Waals surface area contributed by atoms with Gasteiger partial charge < -0.3 is 10.1 Å². The van der Waals surface area contributed by atoms with Crippen molar-refractivity contribution in [2.75, 3.05) is 45.1 Å². The molecule has 1 saturated heterocycles. The largest absolute Gasteiger partial charge is 0.379 e. The minimum absolute atomic E-state index is 0.0929. The lowest BCUT2D eigenvalue weighted by atomic mass is 10.2. The van der Waals surface area contributed by atoms with Crippen molar-refractivity contribution in [2.24, 2.45) is 0 Å². The minimum Gasteiger partial charge on any atom is -0.379 e. The zero-order valence-electron chi connectivity index (χ0n) is 12.0. The lowest BCUT2D eigenvalue weighted by molar-refractivity contribution is -0.118. The molecule has 1 aliphatic rings. The normalized spacial score (nSPS) is 15.9. The van der Waals surface area contributed by atoms with Gasteiger partial charge in [0.1, 0.15) is 0 Å². The number of thioether (sulfide) groups is 1. The second-order valence-electron chi connectivity index (χ2n) is 4.93. The maximum Gasteiger partial charge on any atom is 0.230 e. The van der Waals surface area contributed by atoms with E-state index in [9.17, 15) is 4.79 Å². The fourth-order valence-electron chi connectivity index (χ4n) is 2.12. The molecule has 0 radical (unpaired) electrons. The second-order valence-corrected chi connectivity index (χ2v) is 6.35. The van der Waals surface area contributed by atoms with Gasteiger partial charge >= 0.3 is 0 Å². The molecule has 1 aliphatic heterocycles. The number of halogens is 1. The predicted molar refractivity (Wildman–Crippen MR) is 87.9 cm³/mol. The van der Waals surface area contributed by atoms with E-state index < -0.39 is 0 Å². The summed E-state index contributed by atoms with van der Waals surface area (Å²) in [4.78, 5) is 14.0. The van der Waals surface area contributed by atoms with E-state index in [4.69, 9.17) is 16.3 Å². The molecule has 1 N–H and O–H groups in total. The van der Waals surface area contributed by atoms with Crippen molar-refractivity contribution in [3.05, 3.63) is 34.9 Å². The zero-order chi connectivity index (χ0) is 14.9. The van der Waals surface area contributed by atoms with Crippen LogP contribution in [0.5, 0.6) is 0 Å². The SMILES string of the molecule is O=C(CSCc1cccc(Cl)c1)NCCN1CCOCC1. The molecule has 1 fully saturated rings. The van der Waals surface area contributed by atoms with Crippen LogP contribution in [0.4, 0.5) is 0 Å². The molecule has 4 nitrogen and oxygen atoms in total. The second kappa shape index (κ2) is 9.30. The summed E-state index contributed by atoms with van der Waals surface area (Å²) in [7, 11) is 0. The highest BCUT2D eigenvalue weighted by Gasteiger charge is 2.10. The molecular weight excluding hydrogens is 308 g/mol. The third-order valence-electron chi connectivity index (χ3n) is 3.24. The van der Waals surface area contributed by atoms with Crippen LogP contribution in [0.15, 0.2) is 24.3 Å². The Labute approximate surface area is 135 Å². The Morgan fingerprint density at radius 2 is 2.19 bits per heavy atom. The standard InChI is InChI=1S/C15H21ClN2O2S/c16-14-3-1-2-13(10-14)11-21-12-15(19)17-4-5-18-6-8-20-9-7-18/h1-3,10H,4-9,11-12H2,(H,17,19). The molecule has 0 unspecified atom stereocenters. The van der Waals surface area contributed by atoms with Crippen LogP contribution in [0.2, 0.25) is 5.02 Å². The number of hydrogen-bond acceptors (Lipinski definition) is 4. The van der Waals surface area contributed by atoms with Gasteiger partial charge in [-0.1, -0.05) is 23.7 Å². The maximum atomic E-state index is 11.7. The Bertz CT molecular complexity index is 453. The quantitative estimate of drug-likeness (QED) is 0.831. The van der Waals surface area contributed by atoms with Crippen LogP contribution < -0.4 is 5.32 Å². The molecule has 0 atom stereocenters. The van der Waals surface area contributed by atoms with Crippen LogP contribution in [-0.2, 0) is 15.3 Å². The maximum absolute atomic E-state index is 11.7. The number of carbonyl (C=O) groups excluding carboxylic acids is 1. The summed E-state index contributed by atoms with van der Waals surface area (Å²) in [6.45, 7) is 5.11. The van der Waals surface area contributed by atoms with Gasteiger partial charge in [0.05, 0.1) is 19.0 Å². The van der Waals surface area contributed by atoms with Crippen LogP contribution >= 0.6 is 23.4 Å². The molecule has 0 spiro atoms. The van der Waals surface area contributed by atoms with Crippen LogP contribution in [0.1, 0.15) is 5.56 Å². The molecule has 1 heterocycles. The lowest BCUT2D eigenvalue weighted by Crippen LogP contribution is -2.41. The Hall–Kier alpha value is -0.750. The van der Waals surface area contributed by atoms with Crippen molar-refractivity contribution in [1.29, 1.82) is 0 Å². The van der Waals surface area contributed by atoms with Crippen LogP contribution in [0.3, 0.4) is 0 Å². The molecule has 0 bridgehead atoms. The zero-order valence-corrected chi connectivity index (χ0v) is 13.6. The number of rotatable bonds is 7. The van der Waals surface area contributed by atoms with Crippen molar-refractivity contribution in [3.63, 3.8) is 0 Å². The summed E-state index contributed by atoms with van der Waals surface area (Å²) in [6, 6.07) is 7.74. The Balaban J connectivity index is 1.55. The first-order chi connectivity index (χ1) is 10.2. The van der Waals surface area contributed by atoms with Crippen molar-refractivity contribution >= 4 is 29.3 Å². The Morgan fingerprint density at radius 3 is 2.95 bits per heavy atom. The lowest BCUT2D eigenvalue weighted by Gasteiger charge is -2.26. The Kier molecular flexibility index (Phi) is 7.36. The summed E-state index contributed by atoms with van der Waals surface area (Å²) in [5.41, 5.74) is 1.15. The van der Waals surface area contributed by atoms with Crippen LogP contribution in [0.25, 0.3) is 0 Å². The monoisotopic (exact) mass is 328 g/mol. The molecule has 0 aromatic heterocycles. The smallest absolute Gasteiger partial charge is 0.230 e. The third-order valence-corrected chi connectivity index (χ3v) is 4.48. The van der Waals surface area contributed by atoms with Gasteiger partial charge in [-0.15, -0.1) is 11.8 Å². The summed E-state index contributed by atoms with van der Waals surface area (Å²) >= 11 is 7.53. The van der Waals surface area contributed by atoms with E-state index in [1.54, 1.807) is 11.8 Å². The van der Waals surface area contributed by atoms with E-state index in [0.717, 1.165) is 49.2 Å². The van der Waals surface area contributed by atoms with Crippen LogP contribution in [0, 0.1) is 0 Å². The number of hydrogen-bond donors (Lipinski definition) is 1. The van der Waals surface area contributed by atoms with Gasteiger partial charge in [-0.25, -0.2) is 0 Å². The van der Waals surface area contributed by atoms with E-state index in [1.165, 1.54) is 0 Å². The first kappa shape index (κ1) is 16.6. The first-order valence-corrected chi connectivity index (χ1v) is 8.66. The summed E-state index contributed by atoms with van der Waals surface area (Å²) in [5, 5.41) is 3.70. The van der Waals surface area contributed by atoms with Crippen molar-refractivity contribution in [3.8, 4) is 0 Å². The highest BCUT2D eigenvalue weighted by atomic mass is 35.5. The molecule has 21 heavy (non-hydrogen) atoms. The van der Waals surface area contributed by atoms with Crippen LogP contribution in [-0.4, -0.2) is 56.0 Å². The fourth-order valence-corrected chi connectivity index (χ4v) is 3.14. The Morgan fingerprint density at radius 1 is 1.38 bits per heavy atom. The highest BCUT2D eigenvalue weighted by Crippen LogP contribution is 2.16.